The molecule has 0 spiro atoms. The summed E-state index contributed by atoms with van der Waals surface area (Å²) in [4.78, 5) is 29.1. The van der Waals surface area contributed by atoms with Crippen LogP contribution in [0.4, 0.5) is 4.39 Å². The van der Waals surface area contributed by atoms with E-state index in [2.05, 4.69) is 10.3 Å². The van der Waals surface area contributed by atoms with Crippen LogP contribution in [0.2, 0.25) is 0 Å². The molecule has 1 aromatic heterocycles. The molecule has 0 aliphatic carbocycles. The van der Waals surface area contributed by atoms with Gasteiger partial charge in [0.1, 0.15) is 5.82 Å². The molecule has 25 heavy (non-hydrogen) atoms. The molecule has 1 saturated heterocycles. The number of carbonyl (C=O) groups excluding carboxylic acids is 2. The number of halogens is 2. The molecule has 3 rings (SSSR count). The number of benzene rings is 1. The number of fused-ring (bicyclic) bond motifs is 1. The van der Waals surface area contributed by atoms with Gasteiger partial charge < -0.3 is 15.2 Å². The summed E-state index contributed by atoms with van der Waals surface area (Å²) in [5.41, 5.74) is 1.85. The standard InChI is InChI=1S/C18H21ClFN3O2/c19-5-1-6-21-18(25)13-8-17(24)23(11-13)7-4-12-10-22-16-3-2-14(20)9-15(12)16/h2-3,9-10,13,22H,1,4-8,11H2,(H,21,25)/t13-/m0/s1. The molecule has 1 aliphatic rings. The van der Waals surface area contributed by atoms with Gasteiger partial charge in [0.15, 0.2) is 0 Å². The van der Waals surface area contributed by atoms with Crippen LogP contribution in [0.1, 0.15) is 18.4 Å². The van der Waals surface area contributed by atoms with Crippen molar-refractivity contribution in [3.63, 3.8) is 0 Å². The fraction of sp³-hybridized carbons (Fsp3) is 0.444. The topological polar surface area (TPSA) is 65.2 Å². The number of amides is 2. The molecule has 7 heteroatoms. The first-order chi connectivity index (χ1) is 12.1. The van der Waals surface area contributed by atoms with Gasteiger partial charge >= 0.3 is 0 Å². The van der Waals surface area contributed by atoms with Crippen LogP contribution in [0.15, 0.2) is 24.4 Å². The van der Waals surface area contributed by atoms with E-state index in [1.54, 1.807) is 11.0 Å². The predicted molar refractivity (Wildman–Crippen MR) is 95.0 cm³/mol. The number of hydrogen-bond acceptors (Lipinski definition) is 2. The molecule has 2 amide bonds. The number of aromatic nitrogens is 1. The Morgan fingerprint density at radius 3 is 3.08 bits per heavy atom. The Morgan fingerprint density at radius 2 is 2.28 bits per heavy atom. The van der Waals surface area contributed by atoms with Crippen LogP contribution in [-0.2, 0) is 16.0 Å². The predicted octanol–water partition coefficient (Wildman–Crippen LogP) is 2.44. The average Bonchev–Trinajstić information content (AvgIpc) is 3.16. The van der Waals surface area contributed by atoms with Gasteiger partial charge in [-0.3, -0.25) is 9.59 Å². The van der Waals surface area contributed by atoms with Gasteiger partial charge in [0.25, 0.3) is 0 Å². The number of alkyl halides is 1. The quantitative estimate of drug-likeness (QED) is 0.584. The van der Waals surface area contributed by atoms with Crippen LogP contribution in [0, 0.1) is 11.7 Å². The summed E-state index contributed by atoms with van der Waals surface area (Å²) >= 11 is 5.59. The van der Waals surface area contributed by atoms with E-state index < -0.39 is 0 Å². The molecular weight excluding hydrogens is 345 g/mol. The minimum absolute atomic E-state index is 0.0106. The summed E-state index contributed by atoms with van der Waals surface area (Å²) in [6, 6.07) is 4.62. The summed E-state index contributed by atoms with van der Waals surface area (Å²) < 4.78 is 13.4. The van der Waals surface area contributed by atoms with Gasteiger partial charge in [-0.1, -0.05) is 0 Å². The number of nitrogens with zero attached hydrogens (tertiary/aromatic N) is 1. The SMILES string of the molecule is O=C(NCCCCl)[C@H]1CC(=O)N(CCc2c[nH]c3ccc(F)cc23)C1. The van der Waals surface area contributed by atoms with Gasteiger partial charge in [-0.15, -0.1) is 11.6 Å². The van der Waals surface area contributed by atoms with E-state index >= 15 is 0 Å². The molecule has 2 aromatic rings. The van der Waals surface area contributed by atoms with E-state index in [0.717, 1.165) is 22.9 Å². The van der Waals surface area contributed by atoms with Crippen molar-refractivity contribution in [2.24, 2.45) is 5.92 Å². The number of nitrogens with one attached hydrogen (secondary N) is 2. The van der Waals surface area contributed by atoms with Gasteiger partial charge in [0, 0.05) is 49.0 Å². The van der Waals surface area contributed by atoms with Gasteiger partial charge in [0.2, 0.25) is 11.8 Å². The van der Waals surface area contributed by atoms with Crippen LogP contribution in [0.25, 0.3) is 10.9 Å². The average molecular weight is 366 g/mol. The maximum Gasteiger partial charge on any atom is 0.225 e. The zero-order valence-electron chi connectivity index (χ0n) is 13.9. The highest BCUT2D eigenvalue weighted by molar-refractivity contribution is 6.17. The van der Waals surface area contributed by atoms with Crippen LogP contribution in [-0.4, -0.2) is 47.2 Å². The van der Waals surface area contributed by atoms with E-state index in [1.807, 2.05) is 6.20 Å². The van der Waals surface area contributed by atoms with Crippen molar-refractivity contribution in [3.05, 3.63) is 35.8 Å². The van der Waals surface area contributed by atoms with Crippen LogP contribution >= 0.6 is 11.6 Å². The molecule has 1 fully saturated rings. The highest BCUT2D eigenvalue weighted by Gasteiger charge is 2.33. The Labute approximate surface area is 150 Å². The molecule has 0 saturated carbocycles. The number of carbonyl (C=O) groups is 2. The molecule has 0 unspecified atom stereocenters. The Balaban J connectivity index is 1.57. The maximum absolute atomic E-state index is 13.4. The number of rotatable bonds is 7. The summed E-state index contributed by atoms with van der Waals surface area (Å²) in [5, 5.41) is 3.65. The molecule has 1 atom stereocenters. The highest BCUT2D eigenvalue weighted by atomic mass is 35.5. The Bertz CT molecular complexity index is 777. The van der Waals surface area contributed by atoms with E-state index in [0.29, 0.717) is 31.9 Å². The Morgan fingerprint density at radius 1 is 1.44 bits per heavy atom. The Kier molecular flexibility index (Phi) is 5.58. The molecule has 2 heterocycles. The van der Waals surface area contributed by atoms with Crippen LogP contribution in [0.3, 0.4) is 0 Å². The Hall–Kier alpha value is -2.08. The van der Waals surface area contributed by atoms with E-state index in [1.165, 1.54) is 12.1 Å². The largest absolute Gasteiger partial charge is 0.361 e. The molecule has 5 nitrogen and oxygen atoms in total. The van der Waals surface area contributed by atoms with Crippen molar-refractivity contribution in [2.45, 2.75) is 19.3 Å². The van der Waals surface area contributed by atoms with Gasteiger partial charge in [-0.25, -0.2) is 4.39 Å². The first-order valence-corrected chi connectivity index (χ1v) is 8.99. The summed E-state index contributed by atoms with van der Waals surface area (Å²) in [6.45, 7) is 1.49. The number of H-pyrrole nitrogens is 1. The molecule has 1 aliphatic heterocycles. The summed E-state index contributed by atoms with van der Waals surface area (Å²) in [5.74, 6) is -0.178. The minimum atomic E-state index is -0.303. The second-order valence-corrected chi connectivity index (χ2v) is 6.71. The van der Waals surface area contributed by atoms with Crippen molar-refractivity contribution in [1.82, 2.24) is 15.2 Å². The van der Waals surface area contributed by atoms with Crippen molar-refractivity contribution in [3.8, 4) is 0 Å². The lowest BCUT2D eigenvalue weighted by molar-refractivity contribution is -0.129. The first-order valence-electron chi connectivity index (χ1n) is 8.45. The number of likely N-dealkylation sites (tertiary alicyclic amines) is 1. The van der Waals surface area contributed by atoms with E-state index in [9.17, 15) is 14.0 Å². The second kappa shape index (κ2) is 7.87. The van der Waals surface area contributed by atoms with Gasteiger partial charge in [-0.2, -0.15) is 0 Å². The molecular formula is C18H21ClFN3O2. The third kappa shape index (κ3) is 4.12. The fourth-order valence-corrected chi connectivity index (χ4v) is 3.33. The van der Waals surface area contributed by atoms with Crippen molar-refractivity contribution in [2.75, 3.05) is 25.5 Å². The van der Waals surface area contributed by atoms with Crippen molar-refractivity contribution in [1.29, 1.82) is 0 Å². The lowest BCUT2D eigenvalue weighted by Crippen LogP contribution is -2.34. The van der Waals surface area contributed by atoms with Gasteiger partial charge in [0.05, 0.1) is 5.92 Å². The van der Waals surface area contributed by atoms with E-state index in [-0.39, 0.29) is 30.0 Å². The smallest absolute Gasteiger partial charge is 0.225 e. The number of aromatic amines is 1. The van der Waals surface area contributed by atoms with E-state index in [4.69, 9.17) is 11.6 Å². The fourth-order valence-electron chi connectivity index (χ4n) is 3.20. The van der Waals surface area contributed by atoms with Gasteiger partial charge in [-0.05, 0) is 36.6 Å². The normalized spacial score (nSPS) is 17.4. The first kappa shape index (κ1) is 17.7. The summed E-state index contributed by atoms with van der Waals surface area (Å²) in [6.07, 6.45) is 3.43. The molecule has 134 valence electrons. The second-order valence-electron chi connectivity index (χ2n) is 6.33. The third-order valence-electron chi connectivity index (χ3n) is 4.58. The zero-order valence-corrected chi connectivity index (χ0v) is 14.6. The maximum atomic E-state index is 13.4. The van der Waals surface area contributed by atoms with Crippen molar-refractivity contribution >= 4 is 34.3 Å². The molecule has 0 bridgehead atoms. The third-order valence-corrected chi connectivity index (χ3v) is 4.84. The lowest BCUT2D eigenvalue weighted by atomic mass is 10.1. The van der Waals surface area contributed by atoms with Crippen LogP contribution in [0.5, 0.6) is 0 Å². The highest BCUT2D eigenvalue weighted by Crippen LogP contribution is 2.22. The summed E-state index contributed by atoms with van der Waals surface area (Å²) in [7, 11) is 0. The van der Waals surface area contributed by atoms with Crippen molar-refractivity contribution < 1.29 is 14.0 Å². The molecule has 0 radical (unpaired) electrons. The lowest BCUT2D eigenvalue weighted by Gasteiger charge is -2.16. The molecule has 1 aromatic carbocycles. The number of hydrogen-bond donors (Lipinski definition) is 2. The minimum Gasteiger partial charge on any atom is -0.361 e. The van der Waals surface area contributed by atoms with Crippen LogP contribution < -0.4 is 5.32 Å². The monoisotopic (exact) mass is 365 g/mol. The molecule has 2 N–H and O–H groups in total. The zero-order chi connectivity index (χ0) is 17.8.